The standard InChI is InChI=1S/C22H21N3O2/c1-16-6-8-17(9-7-16)15-27-21-5-3-2-4-19(21)14-24-25-22(26)18-10-12-20(23)13-11-18/h2-14H,15,23H2,1H3,(H,25,26)/b24-14-. The van der Waals surface area contributed by atoms with Gasteiger partial charge in [-0.2, -0.15) is 5.10 Å². The molecule has 5 heteroatoms. The molecule has 1 amide bonds. The van der Waals surface area contributed by atoms with Gasteiger partial charge >= 0.3 is 0 Å². The molecule has 0 saturated carbocycles. The van der Waals surface area contributed by atoms with Crippen LogP contribution in [0.3, 0.4) is 0 Å². The molecule has 0 aromatic heterocycles. The van der Waals surface area contributed by atoms with Gasteiger partial charge in [0.15, 0.2) is 0 Å². The lowest BCUT2D eigenvalue weighted by Gasteiger charge is -2.09. The van der Waals surface area contributed by atoms with Gasteiger partial charge in [0.2, 0.25) is 0 Å². The van der Waals surface area contributed by atoms with Crippen LogP contribution >= 0.6 is 0 Å². The molecular formula is C22H21N3O2. The van der Waals surface area contributed by atoms with Crippen LogP contribution in [0.5, 0.6) is 5.75 Å². The van der Waals surface area contributed by atoms with Crippen molar-refractivity contribution in [3.8, 4) is 5.75 Å². The predicted octanol–water partition coefficient (Wildman–Crippen LogP) is 3.92. The molecule has 0 atom stereocenters. The highest BCUT2D eigenvalue weighted by atomic mass is 16.5. The first-order chi connectivity index (χ1) is 13.1. The molecule has 0 fully saturated rings. The molecule has 27 heavy (non-hydrogen) atoms. The molecule has 0 bridgehead atoms. The summed E-state index contributed by atoms with van der Waals surface area (Å²) in [6, 6.07) is 22.4. The molecule has 0 aliphatic rings. The summed E-state index contributed by atoms with van der Waals surface area (Å²) >= 11 is 0. The van der Waals surface area contributed by atoms with Crippen molar-refractivity contribution in [1.82, 2.24) is 5.43 Å². The number of hydrogen-bond acceptors (Lipinski definition) is 4. The maximum absolute atomic E-state index is 12.1. The van der Waals surface area contributed by atoms with Gasteiger partial charge in [0, 0.05) is 16.8 Å². The average molecular weight is 359 g/mol. The number of nitrogens with two attached hydrogens (primary N) is 1. The number of para-hydroxylation sites is 1. The zero-order chi connectivity index (χ0) is 19.1. The molecule has 0 radical (unpaired) electrons. The lowest BCUT2D eigenvalue weighted by molar-refractivity contribution is 0.0955. The van der Waals surface area contributed by atoms with E-state index in [1.165, 1.54) is 5.56 Å². The lowest BCUT2D eigenvalue weighted by atomic mass is 10.1. The first-order valence-electron chi connectivity index (χ1n) is 8.58. The fourth-order valence-electron chi connectivity index (χ4n) is 2.42. The third kappa shape index (κ3) is 5.19. The monoisotopic (exact) mass is 359 g/mol. The van der Waals surface area contributed by atoms with E-state index in [0.717, 1.165) is 11.1 Å². The van der Waals surface area contributed by atoms with Crippen LogP contribution in [0.1, 0.15) is 27.0 Å². The van der Waals surface area contributed by atoms with Crippen molar-refractivity contribution in [2.24, 2.45) is 5.10 Å². The van der Waals surface area contributed by atoms with E-state index in [1.54, 1.807) is 30.5 Å². The number of amides is 1. The molecule has 0 unspecified atom stereocenters. The van der Waals surface area contributed by atoms with Gasteiger partial charge in [-0.1, -0.05) is 42.0 Å². The molecule has 0 heterocycles. The van der Waals surface area contributed by atoms with Gasteiger partial charge in [0.25, 0.3) is 5.91 Å². The SMILES string of the molecule is Cc1ccc(COc2ccccc2/C=N\NC(=O)c2ccc(N)cc2)cc1. The maximum Gasteiger partial charge on any atom is 0.271 e. The van der Waals surface area contributed by atoms with Crippen LogP contribution < -0.4 is 15.9 Å². The van der Waals surface area contributed by atoms with Gasteiger partial charge in [-0.15, -0.1) is 0 Å². The van der Waals surface area contributed by atoms with Crippen LogP contribution in [-0.2, 0) is 6.61 Å². The minimum atomic E-state index is -0.302. The molecule has 0 aliphatic carbocycles. The third-order valence-electron chi connectivity index (χ3n) is 3.98. The first kappa shape index (κ1) is 18.2. The number of carbonyl (C=O) groups is 1. The van der Waals surface area contributed by atoms with E-state index in [0.29, 0.717) is 23.6 Å². The molecule has 3 aromatic carbocycles. The van der Waals surface area contributed by atoms with Gasteiger partial charge < -0.3 is 10.5 Å². The van der Waals surface area contributed by atoms with Crippen molar-refractivity contribution < 1.29 is 9.53 Å². The second kappa shape index (κ2) is 8.67. The Morgan fingerprint density at radius 2 is 1.74 bits per heavy atom. The summed E-state index contributed by atoms with van der Waals surface area (Å²) in [7, 11) is 0. The Labute approximate surface area is 158 Å². The molecule has 5 nitrogen and oxygen atoms in total. The minimum Gasteiger partial charge on any atom is -0.488 e. The molecule has 3 aromatic rings. The van der Waals surface area contributed by atoms with E-state index in [1.807, 2.05) is 36.4 Å². The Hall–Kier alpha value is -3.60. The second-order valence-corrected chi connectivity index (χ2v) is 6.13. The first-order valence-corrected chi connectivity index (χ1v) is 8.58. The summed E-state index contributed by atoms with van der Waals surface area (Å²) in [6.07, 6.45) is 1.57. The Morgan fingerprint density at radius 3 is 2.48 bits per heavy atom. The highest BCUT2D eigenvalue weighted by Gasteiger charge is 2.04. The van der Waals surface area contributed by atoms with Crippen LogP contribution in [-0.4, -0.2) is 12.1 Å². The van der Waals surface area contributed by atoms with Crippen LogP contribution in [0.2, 0.25) is 0 Å². The molecule has 0 spiro atoms. The number of nitrogens with one attached hydrogen (secondary N) is 1. The van der Waals surface area contributed by atoms with E-state index in [-0.39, 0.29) is 5.91 Å². The Bertz CT molecular complexity index is 933. The highest BCUT2D eigenvalue weighted by Crippen LogP contribution is 2.18. The normalized spacial score (nSPS) is 10.7. The summed E-state index contributed by atoms with van der Waals surface area (Å²) in [6.45, 7) is 2.51. The van der Waals surface area contributed by atoms with Gasteiger partial charge in [0.1, 0.15) is 12.4 Å². The quantitative estimate of drug-likeness (QED) is 0.398. The molecule has 3 N–H and O–H groups in total. The highest BCUT2D eigenvalue weighted by molar-refractivity contribution is 5.95. The summed E-state index contributed by atoms with van der Waals surface area (Å²) in [5.74, 6) is 0.396. The Morgan fingerprint density at radius 1 is 1.04 bits per heavy atom. The van der Waals surface area contributed by atoms with Gasteiger partial charge in [-0.05, 0) is 48.9 Å². The minimum absolute atomic E-state index is 0.302. The molecular weight excluding hydrogens is 338 g/mol. The number of rotatable bonds is 6. The van der Waals surface area contributed by atoms with E-state index < -0.39 is 0 Å². The number of ether oxygens (including phenoxy) is 1. The van der Waals surface area contributed by atoms with E-state index >= 15 is 0 Å². The van der Waals surface area contributed by atoms with Crippen LogP contribution in [0, 0.1) is 6.92 Å². The van der Waals surface area contributed by atoms with Crippen molar-refractivity contribution in [2.45, 2.75) is 13.5 Å². The van der Waals surface area contributed by atoms with E-state index in [2.05, 4.69) is 29.6 Å². The lowest BCUT2D eigenvalue weighted by Crippen LogP contribution is -2.17. The fourth-order valence-corrected chi connectivity index (χ4v) is 2.42. The zero-order valence-electron chi connectivity index (χ0n) is 15.1. The average Bonchev–Trinajstić information content (AvgIpc) is 2.69. The number of hydrogen-bond donors (Lipinski definition) is 2. The van der Waals surface area contributed by atoms with Gasteiger partial charge in [-0.3, -0.25) is 4.79 Å². The van der Waals surface area contributed by atoms with Crippen molar-refractivity contribution >= 4 is 17.8 Å². The Kier molecular flexibility index (Phi) is 5.84. The zero-order valence-corrected chi connectivity index (χ0v) is 15.1. The number of anilines is 1. The number of benzene rings is 3. The molecule has 136 valence electrons. The number of carbonyl (C=O) groups excluding carboxylic acids is 1. The number of aryl methyl sites for hydroxylation is 1. The third-order valence-corrected chi connectivity index (χ3v) is 3.98. The smallest absolute Gasteiger partial charge is 0.271 e. The number of nitrogen functional groups attached to an aromatic ring is 1. The number of hydrazone groups is 1. The molecule has 0 saturated heterocycles. The van der Waals surface area contributed by atoms with Crippen molar-refractivity contribution in [3.05, 3.63) is 95.1 Å². The number of nitrogens with zero attached hydrogens (tertiary/aromatic N) is 1. The van der Waals surface area contributed by atoms with Crippen molar-refractivity contribution in [2.75, 3.05) is 5.73 Å². The van der Waals surface area contributed by atoms with Crippen molar-refractivity contribution in [1.29, 1.82) is 0 Å². The van der Waals surface area contributed by atoms with E-state index in [9.17, 15) is 4.79 Å². The topological polar surface area (TPSA) is 76.7 Å². The van der Waals surface area contributed by atoms with Crippen LogP contribution in [0.15, 0.2) is 77.9 Å². The Balaban J connectivity index is 1.62. The van der Waals surface area contributed by atoms with Crippen LogP contribution in [0.4, 0.5) is 5.69 Å². The fraction of sp³-hybridized carbons (Fsp3) is 0.0909. The predicted molar refractivity (Wildman–Crippen MR) is 108 cm³/mol. The summed E-state index contributed by atoms with van der Waals surface area (Å²) in [5, 5.41) is 4.03. The maximum atomic E-state index is 12.1. The summed E-state index contributed by atoms with van der Waals surface area (Å²) in [4.78, 5) is 12.1. The van der Waals surface area contributed by atoms with Gasteiger partial charge in [-0.25, -0.2) is 5.43 Å². The molecule has 0 aliphatic heterocycles. The summed E-state index contributed by atoms with van der Waals surface area (Å²) < 4.78 is 5.90. The largest absolute Gasteiger partial charge is 0.488 e. The van der Waals surface area contributed by atoms with Crippen molar-refractivity contribution in [3.63, 3.8) is 0 Å². The van der Waals surface area contributed by atoms with Crippen LogP contribution in [0.25, 0.3) is 0 Å². The summed E-state index contributed by atoms with van der Waals surface area (Å²) in [5.41, 5.74) is 12.3. The van der Waals surface area contributed by atoms with E-state index in [4.69, 9.17) is 10.5 Å². The second-order valence-electron chi connectivity index (χ2n) is 6.13. The molecule has 3 rings (SSSR count). The van der Waals surface area contributed by atoms with Gasteiger partial charge in [0.05, 0.1) is 6.21 Å².